The number of furan rings is 1. The van der Waals surface area contributed by atoms with Gasteiger partial charge in [0, 0.05) is 18.4 Å². The first-order valence-electron chi connectivity index (χ1n) is 7.88. The van der Waals surface area contributed by atoms with Gasteiger partial charge in [0.05, 0.1) is 18.0 Å². The normalized spacial score (nSPS) is 17.5. The van der Waals surface area contributed by atoms with Crippen LogP contribution in [0.25, 0.3) is 0 Å². The number of aromatic nitrogens is 1. The van der Waals surface area contributed by atoms with Crippen molar-refractivity contribution in [3.8, 4) is 0 Å². The van der Waals surface area contributed by atoms with Crippen LogP contribution in [0.15, 0.2) is 21.2 Å². The van der Waals surface area contributed by atoms with E-state index in [4.69, 9.17) is 8.83 Å². The first kappa shape index (κ1) is 14.9. The molecule has 22 heavy (non-hydrogen) atoms. The van der Waals surface area contributed by atoms with Crippen molar-refractivity contribution >= 4 is 5.91 Å². The monoisotopic (exact) mass is 302 g/mol. The van der Waals surface area contributed by atoms with Crippen LogP contribution in [0.2, 0.25) is 0 Å². The summed E-state index contributed by atoms with van der Waals surface area (Å²) in [4.78, 5) is 16.8. The second kappa shape index (κ2) is 5.99. The number of amides is 1. The minimum atomic E-state index is -0.195. The van der Waals surface area contributed by atoms with Crippen LogP contribution in [0.3, 0.4) is 0 Å². The standard InChI is InChI=1S/C17H22N2O3/c1-10(2)9-15-18-11(3)16(22-15)17(20)19-13-5-4-6-14-12(13)7-8-21-14/h7-8,10,13H,4-6,9H2,1-3H3,(H,19,20). The SMILES string of the molecule is Cc1nc(CC(C)C)oc1C(=O)NC1CCCc2occc21. The van der Waals surface area contributed by atoms with Crippen molar-refractivity contribution in [2.24, 2.45) is 5.92 Å². The van der Waals surface area contributed by atoms with Crippen LogP contribution in [0, 0.1) is 12.8 Å². The van der Waals surface area contributed by atoms with Gasteiger partial charge in [0.25, 0.3) is 5.91 Å². The molecule has 1 aliphatic rings. The summed E-state index contributed by atoms with van der Waals surface area (Å²) in [5, 5.41) is 3.05. The zero-order valence-corrected chi connectivity index (χ0v) is 13.3. The van der Waals surface area contributed by atoms with Crippen LogP contribution >= 0.6 is 0 Å². The Hall–Kier alpha value is -2.04. The van der Waals surface area contributed by atoms with Crippen molar-refractivity contribution in [2.45, 2.75) is 52.5 Å². The van der Waals surface area contributed by atoms with E-state index in [1.54, 1.807) is 6.26 Å². The highest BCUT2D eigenvalue weighted by Crippen LogP contribution is 2.30. The predicted molar refractivity (Wildman–Crippen MR) is 81.6 cm³/mol. The fraction of sp³-hybridized carbons (Fsp3) is 0.529. The van der Waals surface area contributed by atoms with E-state index in [0.29, 0.717) is 23.3 Å². The molecule has 0 aliphatic heterocycles. The molecule has 2 aromatic heterocycles. The summed E-state index contributed by atoms with van der Waals surface area (Å²) in [5.41, 5.74) is 1.73. The molecule has 2 heterocycles. The third-order valence-corrected chi connectivity index (χ3v) is 3.99. The Kier molecular flexibility index (Phi) is 4.05. The number of hydrogen-bond donors (Lipinski definition) is 1. The summed E-state index contributed by atoms with van der Waals surface area (Å²) in [6, 6.07) is 1.93. The molecule has 5 nitrogen and oxygen atoms in total. The lowest BCUT2D eigenvalue weighted by Gasteiger charge is -2.22. The van der Waals surface area contributed by atoms with E-state index in [2.05, 4.69) is 24.1 Å². The van der Waals surface area contributed by atoms with Gasteiger partial charge in [0.1, 0.15) is 5.76 Å². The molecular formula is C17H22N2O3. The van der Waals surface area contributed by atoms with E-state index in [0.717, 1.165) is 37.0 Å². The Morgan fingerprint density at radius 3 is 3.09 bits per heavy atom. The molecule has 118 valence electrons. The maximum Gasteiger partial charge on any atom is 0.289 e. The van der Waals surface area contributed by atoms with E-state index in [-0.39, 0.29) is 11.9 Å². The van der Waals surface area contributed by atoms with E-state index in [9.17, 15) is 4.79 Å². The number of hydrogen-bond acceptors (Lipinski definition) is 4. The zero-order chi connectivity index (χ0) is 15.7. The summed E-state index contributed by atoms with van der Waals surface area (Å²) in [6.45, 7) is 6.01. The average Bonchev–Trinajstić information content (AvgIpc) is 3.05. The highest BCUT2D eigenvalue weighted by atomic mass is 16.4. The Morgan fingerprint density at radius 1 is 1.50 bits per heavy atom. The number of rotatable bonds is 4. The molecule has 2 aromatic rings. The molecule has 0 fully saturated rings. The van der Waals surface area contributed by atoms with Gasteiger partial charge in [0.2, 0.25) is 5.76 Å². The number of fused-ring (bicyclic) bond motifs is 1. The second-order valence-electron chi connectivity index (χ2n) is 6.34. The second-order valence-corrected chi connectivity index (χ2v) is 6.34. The molecule has 0 spiro atoms. The van der Waals surface area contributed by atoms with Gasteiger partial charge in [-0.05, 0) is 31.7 Å². The Bertz CT molecular complexity index is 669. The molecule has 0 saturated heterocycles. The summed E-state index contributed by atoms with van der Waals surface area (Å²) in [6.07, 6.45) is 5.30. The van der Waals surface area contributed by atoms with E-state index < -0.39 is 0 Å². The highest BCUT2D eigenvalue weighted by molar-refractivity contribution is 5.92. The molecule has 1 N–H and O–H groups in total. The summed E-state index contributed by atoms with van der Waals surface area (Å²) >= 11 is 0. The first-order chi connectivity index (χ1) is 10.5. The average molecular weight is 302 g/mol. The van der Waals surface area contributed by atoms with Crippen LogP contribution in [-0.4, -0.2) is 10.9 Å². The maximum atomic E-state index is 12.5. The topological polar surface area (TPSA) is 68.3 Å². The molecule has 0 bridgehead atoms. The number of nitrogens with zero attached hydrogens (tertiary/aromatic N) is 1. The van der Waals surface area contributed by atoms with Crippen molar-refractivity contribution in [3.63, 3.8) is 0 Å². The van der Waals surface area contributed by atoms with E-state index >= 15 is 0 Å². The smallest absolute Gasteiger partial charge is 0.289 e. The fourth-order valence-corrected chi connectivity index (χ4v) is 2.96. The summed E-state index contributed by atoms with van der Waals surface area (Å²) < 4.78 is 11.1. The molecule has 0 aromatic carbocycles. The van der Waals surface area contributed by atoms with Crippen LogP contribution in [0.5, 0.6) is 0 Å². The predicted octanol–water partition coefficient (Wildman–Crippen LogP) is 3.58. The molecule has 0 radical (unpaired) electrons. The van der Waals surface area contributed by atoms with Gasteiger partial charge in [0.15, 0.2) is 5.89 Å². The van der Waals surface area contributed by atoms with Crippen molar-refractivity contribution in [2.75, 3.05) is 0 Å². The van der Waals surface area contributed by atoms with Crippen molar-refractivity contribution < 1.29 is 13.6 Å². The molecule has 1 aliphatic carbocycles. The Labute approximate surface area is 130 Å². The number of carbonyl (C=O) groups is 1. The number of oxazole rings is 1. The largest absolute Gasteiger partial charge is 0.469 e. The Morgan fingerprint density at radius 2 is 2.32 bits per heavy atom. The van der Waals surface area contributed by atoms with Crippen molar-refractivity contribution in [1.29, 1.82) is 0 Å². The van der Waals surface area contributed by atoms with Crippen LogP contribution in [-0.2, 0) is 12.8 Å². The fourth-order valence-electron chi connectivity index (χ4n) is 2.96. The lowest BCUT2D eigenvalue weighted by Crippen LogP contribution is -2.30. The van der Waals surface area contributed by atoms with Gasteiger partial charge < -0.3 is 14.2 Å². The molecule has 3 rings (SSSR count). The lowest BCUT2D eigenvalue weighted by atomic mass is 9.93. The van der Waals surface area contributed by atoms with Crippen LogP contribution in [0.4, 0.5) is 0 Å². The van der Waals surface area contributed by atoms with Gasteiger partial charge in [-0.3, -0.25) is 4.79 Å². The van der Waals surface area contributed by atoms with E-state index in [1.807, 2.05) is 13.0 Å². The van der Waals surface area contributed by atoms with Gasteiger partial charge >= 0.3 is 0 Å². The summed E-state index contributed by atoms with van der Waals surface area (Å²) in [7, 11) is 0. The zero-order valence-electron chi connectivity index (χ0n) is 13.3. The lowest BCUT2D eigenvalue weighted by molar-refractivity contribution is 0.0901. The van der Waals surface area contributed by atoms with Gasteiger partial charge in [-0.1, -0.05) is 13.8 Å². The number of nitrogens with one attached hydrogen (secondary N) is 1. The van der Waals surface area contributed by atoms with Crippen LogP contribution in [0.1, 0.15) is 66.2 Å². The van der Waals surface area contributed by atoms with Crippen molar-refractivity contribution in [1.82, 2.24) is 10.3 Å². The molecule has 1 atom stereocenters. The molecular weight excluding hydrogens is 280 g/mol. The van der Waals surface area contributed by atoms with Crippen molar-refractivity contribution in [3.05, 3.63) is 41.0 Å². The third kappa shape index (κ3) is 2.93. The summed E-state index contributed by atoms with van der Waals surface area (Å²) in [5.74, 6) is 2.18. The molecule has 5 heteroatoms. The van der Waals surface area contributed by atoms with Gasteiger partial charge in [-0.15, -0.1) is 0 Å². The quantitative estimate of drug-likeness (QED) is 0.937. The van der Waals surface area contributed by atoms with Gasteiger partial charge in [-0.25, -0.2) is 4.98 Å². The first-order valence-corrected chi connectivity index (χ1v) is 7.88. The molecule has 0 saturated carbocycles. The highest BCUT2D eigenvalue weighted by Gasteiger charge is 2.26. The maximum absolute atomic E-state index is 12.5. The Balaban J connectivity index is 1.74. The number of aryl methyl sites for hydroxylation is 2. The van der Waals surface area contributed by atoms with Crippen LogP contribution < -0.4 is 5.32 Å². The molecule has 1 unspecified atom stereocenters. The molecule has 1 amide bonds. The minimum absolute atomic E-state index is 0.00644. The number of carbonyl (C=O) groups excluding carboxylic acids is 1. The minimum Gasteiger partial charge on any atom is -0.469 e. The van der Waals surface area contributed by atoms with E-state index in [1.165, 1.54) is 0 Å². The third-order valence-electron chi connectivity index (χ3n) is 3.99. The van der Waals surface area contributed by atoms with Gasteiger partial charge in [-0.2, -0.15) is 0 Å².